The molecule has 0 radical (unpaired) electrons. The number of nitrogens with zero attached hydrogens (tertiary/aromatic N) is 1. The van der Waals surface area contributed by atoms with Gasteiger partial charge in [0.2, 0.25) is 0 Å². The molecule has 0 aromatic heterocycles. The van der Waals surface area contributed by atoms with E-state index in [1.54, 1.807) is 33.4 Å². The molecule has 0 saturated carbocycles. The van der Waals surface area contributed by atoms with Crippen LogP contribution in [-0.2, 0) is 13.1 Å². The Morgan fingerprint density at radius 1 is 1.04 bits per heavy atom. The fraction of sp³-hybridized carbons (Fsp3) is 0.333. The topological polar surface area (TPSA) is 84.0 Å². The van der Waals surface area contributed by atoms with Crippen LogP contribution in [0.25, 0.3) is 0 Å². The van der Waals surface area contributed by atoms with E-state index >= 15 is 0 Å². The van der Waals surface area contributed by atoms with Crippen LogP contribution in [0.5, 0.6) is 11.5 Å². The Morgan fingerprint density at radius 3 is 2.39 bits per heavy atom. The SMILES string of the molecule is CCNC(=NCc1ccc(C(=O)NC)cc1)NCc1ccc(OC)cc1OC. The first-order valence-corrected chi connectivity index (χ1v) is 9.15. The fourth-order valence-electron chi connectivity index (χ4n) is 2.59. The van der Waals surface area contributed by atoms with Crippen molar-refractivity contribution >= 4 is 11.9 Å². The van der Waals surface area contributed by atoms with Crippen LogP contribution >= 0.6 is 0 Å². The van der Waals surface area contributed by atoms with Crippen molar-refractivity contribution in [1.82, 2.24) is 16.0 Å². The molecule has 2 aromatic rings. The first-order valence-electron chi connectivity index (χ1n) is 9.15. The summed E-state index contributed by atoms with van der Waals surface area (Å²) >= 11 is 0. The van der Waals surface area contributed by atoms with Crippen molar-refractivity contribution in [2.45, 2.75) is 20.0 Å². The summed E-state index contributed by atoms with van der Waals surface area (Å²) in [6.45, 7) is 3.84. The molecule has 0 atom stereocenters. The first-order chi connectivity index (χ1) is 13.6. The van der Waals surface area contributed by atoms with Gasteiger partial charge in [0.15, 0.2) is 5.96 Å². The van der Waals surface area contributed by atoms with Crippen molar-refractivity contribution in [2.24, 2.45) is 4.99 Å². The molecule has 0 saturated heterocycles. The summed E-state index contributed by atoms with van der Waals surface area (Å²) < 4.78 is 10.7. The Kier molecular flexibility index (Phi) is 8.14. The van der Waals surface area contributed by atoms with Crippen LogP contribution in [0.4, 0.5) is 0 Å². The van der Waals surface area contributed by atoms with E-state index in [0.717, 1.165) is 29.2 Å². The number of ether oxygens (including phenoxy) is 2. The Labute approximate surface area is 166 Å². The highest BCUT2D eigenvalue weighted by Gasteiger charge is 2.07. The number of amides is 1. The summed E-state index contributed by atoms with van der Waals surface area (Å²) in [5.41, 5.74) is 2.66. The van der Waals surface area contributed by atoms with Gasteiger partial charge in [-0.2, -0.15) is 0 Å². The van der Waals surface area contributed by atoms with Gasteiger partial charge >= 0.3 is 0 Å². The molecule has 1 amide bonds. The normalized spacial score (nSPS) is 10.9. The molecule has 3 N–H and O–H groups in total. The number of benzene rings is 2. The van der Waals surface area contributed by atoms with E-state index in [2.05, 4.69) is 20.9 Å². The van der Waals surface area contributed by atoms with E-state index in [0.29, 0.717) is 24.6 Å². The summed E-state index contributed by atoms with van der Waals surface area (Å²) in [5.74, 6) is 2.11. The minimum atomic E-state index is -0.0986. The smallest absolute Gasteiger partial charge is 0.251 e. The molecule has 0 aliphatic carbocycles. The third-order valence-corrected chi connectivity index (χ3v) is 4.15. The van der Waals surface area contributed by atoms with Crippen LogP contribution in [-0.4, -0.2) is 39.7 Å². The first kappa shape index (κ1) is 21.1. The molecule has 2 aromatic carbocycles. The van der Waals surface area contributed by atoms with Crippen molar-refractivity contribution in [2.75, 3.05) is 27.8 Å². The molecule has 0 aliphatic rings. The predicted molar refractivity (Wildman–Crippen MR) is 111 cm³/mol. The van der Waals surface area contributed by atoms with Crippen LogP contribution in [0.15, 0.2) is 47.5 Å². The Bertz CT molecular complexity index is 804. The summed E-state index contributed by atoms with van der Waals surface area (Å²) in [7, 11) is 4.89. The number of methoxy groups -OCH3 is 2. The zero-order chi connectivity index (χ0) is 20.4. The molecule has 0 heterocycles. The minimum absolute atomic E-state index is 0.0986. The lowest BCUT2D eigenvalue weighted by Gasteiger charge is -2.14. The number of aliphatic imine (C=N–C) groups is 1. The van der Waals surface area contributed by atoms with Crippen LogP contribution in [0.2, 0.25) is 0 Å². The average Bonchev–Trinajstić information content (AvgIpc) is 2.75. The largest absolute Gasteiger partial charge is 0.497 e. The van der Waals surface area contributed by atoms with E-state index < -0.39 is 0 Å². The molecule has 0 spiro atoms. The van der Waals surface area contributed by atoms with E-state index in [4.69, 9.17) is 9.47 Å². The summed E-state index contributed by atoms with van der Waals surface area (Å²) in [4.78, 5) is 16.2. The monoisotopic (exact) mass is 384 g/mol. The van der Waals surface area contributed by atoms with E-state index in [9.17, 15) is 4.79 Å². The highest BCUT2D eigenvalue weighted by molar-refractivity contribution is 5.93. The van der Waals surface area contributed by atoms with Gasteiger partial charge in [-0.1, -0.05) is 12.1 Å². The maximum atomic E-state index is 11.6. The predicted octanol–water partition coefficient (Wildman–Crippen LogP) is 2.32. The van der Waals surface area contributed by atoms with E-state index in [1.165, 1.54) is 0 Å². The third kappa shape index (κ3) is 5.90. The summed E-state index contributed by atoms with van der Waals surface area (Å²) in [6, 6.07) is 13.1. The highest BCUT2D eigenvalue weighted by atomic mass is 16.5. The van der Waals surface area contributed by atoms with Gasteiger partial charge in [0.25, 0.3) is 5.91 Å². The number of carbonyl (C=O) groups is 1. The van der Waals surface area contributed by atoms with Gasteiger partial charge < -0.3 is 25.4 Å². The third-order valence-electron chi connectivity index (χ3n) is 4.15. The van der Waals surface area contributed by atoms with Gasteiger partial charge in [-0.05, 0) is 36.8 Å². The Hall–Kier alpha value is -3.22. The van der Waals surface area contributed by atoms with Gasteiger partial charge in [-0.25, -0.2) is 4.99 Å². The molecular formula is C21H28N4O3. The molecular weight excluding hydrogens is 356 g/mol. The average molecular weight is 384 g/mol. The number of guanidine groups is 1. The second-order valence-electron chi connectivity index (χ2n) is 6.00. The van der Waals surface area contributed by atoms with Crippen molar-refractivity contribution in [3.8, 4) is 11.5 Å². The zero-order valence-electron chi connectivity index (χ0n) is 16.8. The molecule has 0 fully saturated rings. The summed E-state index contributed by atoms with van der Waals surface area (Å²) in [5, 5.41) is 9.16. The van der Waals surface area contributed by atoms with Crippen LogP contribution in [0, 0.1) is 0 Å². The summed E-state index contributed by atoms with van der Waals surface area (Å²) in [6.07, 6.45) is 0. The van der Waals surface area contributed by atoms with E-state index in [1.807, 2.05) is 37.3 Å². The number of hydrogen-bond donors (Lipinski definition) is 3. The molecule has 7 heteroatoms. The Balaban J connectivity index is 2.03. The molecule has 150 valence electrons. The lowest BCUT2D eigenvalue weighted by molar-refractivity contribution is 0.0963. The van der Waals surface area contributed by atoms with Crippen LogP contribution in [0.3, 0.4) is 0 Å². The molecule has 0 aliphatic heterocycles. The molecule has 0 bridgehead atoms. The van der Waals surface area contributed by atoms with Crippen LogP contribution < -0.4 is 25.4 Å². The fourth-order valence-corrected chi connectivity index (χ4v) is 2.59. The number of hydrogen-bond acceptors (Lipinski definition) is 4. The number of rotatable bonds is 8. The van der Waals surface area contributed by atoms with Crippen molar-refractivity contribution in [3.63, 3.8) is 0 Å². The van der Waals surface area contributed by atoms with Crippen molar-refractivity contribution in [1.29, 1.82) is 0 Å². The standard InChI is InChI=1S/C21H28N4O3/c1-5-23-21(24-13-15-6-8-16(9-7-15)20(26)22-2)25-14-17-10-11-18(27-3)12-19(17)28-4/h6-12H,5,13-14H2,1-4H3,(H,22,26)(H2,23,24,25). The maximum absolute atomic E-state index is 11.6. The second kappa shape index (κ2) is 10.8. The van der Waals surface area contributed by atoms with Gasteiger partial charge in [-0.3, -0.25) is 4.79 Å². The maximum Gasteiger partial charge on any atom is 0.251 e. The second-order valence-corrected chi connectivity index (χ2v) is 6.00. The minimum Gasteiger partial charge on any atom is -0.497 e. The molecule has 7 nitrogen and oxygen atoms in total. The quantitative estimate of drug-likeness (QED) is 0.481. The Morgan fingerprint density at radius 2 is 1.79 bits per heavy atom. The molecule has 2 rings (SSSR count). The van der Waals surface area contributed by atoms with Gasteiger partial charge in [0.05, 0.1) is 20.8 Å². The lowest BCUT2D eigenvalue weighted by Crippen LogP contribution is -2.36. The molecule has 0 unspecified atom stereocenters. The van der Waals surface area contributed by atoms with Gasteiger partial charge in [-0.15, -0.1) is 0 Å². The molecule has 28 heavy (non-hydrogen) atoms. The van der Waals surface area contributed by atoms with Crippen molar-refractivity contribution in [3.05, 3.63) is 59.2 Å². The van der Waals surface area contributed by atoms with Crippen molar-refractivity contribution < 1.29 is 14.3 Å². The van der Waals surface area contributed by atoms with Gasteiger partial charge in [0.1, 0.15) is 11.5 Å². The van der Waals surface area contributed by atoms with Gasteiger partial charge in [0, 0.05) is 37.3 Å². The number of nitrogens with one attached hydrogen (secondary N) is 3. The van der Waals surface area contributed by atoms with Crippen LogP contribution in [0.1, 0.15) is 28.4 Å². The lowest BCUT2D eigenvalue weighted by atomic mass is 10.1. The van der Waals surface area contributed by atoms with E-state index in [-0.39, 0.29) is 5.91 Å². The number of carbonyl (C=O) groups excluding carboxylic acids is 1. The zero-order valence-corrected chi connectivity index (χ0v) is 16.8. The highest BCUT2D eigenvalue weighted by Crippen LogP contribution is 2.24.